The summed E-state index contributed by atoms with van der Waals surface area (Å²) >= 11 is 0. The number of rotatable bonds is 13. The molecule has 0 unspecified atom stereocenters. The zero-order chi connectivity index (χ0) is 15.2. The predicted octanol–water partition coefficient (Wildman–Crippen LogP) is 6.03. The molecule has 1 aromatic carbocycles. The van der Waals surface area contributed by atoms with Crippen molar-refractivity contribution in [2.75, 3.05) is 18.5 Å². The van der Waals surface area contributed by atoms with Gasteiger partial charge >= 0.3 is 0 Å². The molecule has 0 fully saturated rings. The Morgan fingerprint density at radius 1 is 0.762 bits per heavy atom. The minimum atomic E-state index is 0.838. The zero-order valence-electron chi connectivity index (χ0n) is 14.0. The molecule has 0 heterocycles. The van der Waals surface area contributed by atoms with Gasteiger partial charge in [-0.1, -0.05) is 58.8 Å². The van der Waals surface area contributed by atoms with Gasteiger partial charge in [0.2, 0.25) is 0 Å². The first-order chi connectivity index (χ1) is 10.4. The third-order valence-corrected chi connectivity index (χ3v) is 3.73. The molecular weight excluding hydrogens is 258 g/mol. The first kappa shape index (κ1) is 17.9. The number of nitrogens with one attached hydrogen (secondary N) is 1. The smallest absolute Gasteiger partial charge is 0.119 e. The highest BCUT2D eigenvalue weighted by Crippen LogP contribution is 2.16. The molecule has 2 heteroatoms. The molecule has 0 atom stereocenters. The SMILES string of the molecule is CCCCCCCNc1ccc(OCCCCCC)cc1. The molecule has 0 saturated carbocycles. The quantitative estimate of drug-likeness (QED) is 0.448. The molecule has 0 radical (unpaired) electrons. The molecule has 0 aliphatic rings. The largest absolute Gasteiger partial charge is 0.494 e. The van der Waals surface area contributed by atoms with Crippen molar-refractivity contribution in [2.24, 2.45) is 0 Å². The summed E-state index contributed by atoms with van der Waals surface area (Å²) in [6.07, 6.45) is 11.7. The van der Waals surface area contributed by atoms with Gasteiger partial charge in [0, 0.05) is 12.2 Å². The van der Waals surface area contributed by atoms with Crippen LogP contribution in [0, 0.1) is 0 Å². The van der Waals surface area contributed by atoms with Crippen molar-refractivity contribution < 1.29 is 4.74 Å². The monoisotopic (exact) mass is 291 g/mol. The van der Waals surface area contributed by atoms with Gasteiger partial charge < -0.3 is 10.1 Å². The number of benzene rings is 1. The maximum absolute atomic E-state index is 5.75. The molecule has 0 bridgehead atoms. The van der Waals surface area contributed by atoms with Crippen molar-refractivity contribution in [3.63, 3.8) is 0 Å². The molecule has 1 N–H and O–H groups in total. The Morgan fingerprint density at radius 3 is 2.05 bits per heavy atom. The lowest BCUT2D eigenvalue weighted by molar-refractivity contribution is 0.305. The van der Waals surface area contributed by atoms with Crippen molar-refractivity contribution in [3.8, 4) is 5.75 Å². The second-order valence-electron chi connectivity index (χ2n) is 5.77. The molecule has 0 aromatic heterocycles. The van der Waals surface area contributed by atoms with Crippen LogP contribution >= 0.6 is 0 Å². The van der Waals surface area contributed by atoms with Gasteiger partial charge in [-0.15, -0.1) is 0 Å². The first-order valence-electron chi connectivity index (χ1n) is 8.83. The summed E-state index contributed by atoms with van der Waals surface area (Å²) in [5.74, 6) is 0.986. The van der Waals surface area contributed by atoms with Gasteiger partial charge in [0.15, 0.2) is 0 Å². The summed E-state index contributed by atoms with van der Waals surface area (Å²) in [4.78, 5) is 0. The molecular formula is C19H33NO. The van der Waals surface area contributed by atoms with Crippen molar-refractivity contribution in [1.82, 2.24) is 0 Å². The lowest BCUT2D eigenvalue weighted by Gasteiger charge is -2.09. The number of unbranched alkanes of at least 4 members (excludes halogenated alkanes) is 7. The maximum atomic E-state index is 5.75. The Labute approximate surface area is 131 Å². The number of ether oxygens (including phenoxy) is 1. The van der Waals surface area contributed by atoms with Crippen LogP contribution in [0.25, 0.3) is 0 Å². The van der Waals surface area contributed by atoms with Crippen LogP contribution < -0.4 is 10.1 Å². The average Bonchev–Trinajstić information content (AvgIpc) is 2.52. The van der Waals surface area contributed by atoms with Crippen molar-refractivity contribution >= 4 is 5.69 Å². The van der Waals surface area contributed by atoms with E-state index in [4.69, 9.17) is 4.74 Å². The standard InChI is InChI=1S/C19H33NO/c1-3-5-7-9-10-16-20-18-12-14-19(15-13-18)21-17-11-8-6-4-2/h12-15,20H,3-11,16-17H2,1-2H3. The summed E-state index contributed by atoms with van der Waals surface area (Å²) in [5.41, 5.74) is 1.20. The molecule has 0 saturated heterocycles. The molecule has 21 heavy (non-hydrogen) atoms. The predicted molar refractivity (Wildman–Crippen MR) is 93.3 cm³/mol. The van der Waals surface area contributed by atoms with E-state index in [1.165, 1.54) is 57.1 Å². The molecule has 0 aliphatic heterocycles. The summed E-state index contributed by atoms with van der Waals surface area (Å²) in [5, 5.41) is 3.48. The fraction of sp³-hybridized carbons (Fsp3) is 0.684. The van der Waals surface area contributed by atoms with E-state index in [1.807, 2.05) is 0 Å². The van der Waals surface area contributed by atoms with Gasteiger partial charge in [0.25, 0.3) is 0 Å². The summed E-state index contributed by atoms with van der Waals surface area (Å²) in [6.45, 7) is 6.40. The Kier molecular flexibility index (Phi) is 10.7. The minimum absolute atomic E-state index is 0.838. The van der Waals surface area contributed by atoms with Gasteiger partial charge in [-0.25, -0.2) is 0 Å². The minimum Gasteiger partial charge on any atom is -0.494 e. The topological polar surface area (TPSA) is 21.3 Å². The molecule has 1 aromatic rings. The van der Waals surface area contributed by atoms with E-state index in [0.29, 0.717) is 0 Å². The van der Waals surface area contributed by atoms with Gasteiger partial charge in [-0.2, -0.15) is 0 Å². The lowest BCUT2D eigenvalue weighted by atomic mass is 10.1. The third-order valence-electron chi connectivity index (χ3n) is 3.73. The molecule has 0 spiro atoms. The molecule has 1 rings (SSSR count). The van der Waals surface area contributed by atoms with E-state index in [1.54, 1.807) is 0 Å². The summed E-state index contributed by atoms with van der Waals surface area (Å²) in [7, 11) is 0. The highest BCUT2D eigenvalue weighted by Gasteiger charge is 1.96. The van der Waals surface area contributed by atoms with Crippen LogP contribution in [0.3, 0.4) is 0 Å². The van der Waals surface area contributed by atoms with Crippen LogP contribution in [0.5, 0.6) is 5.75 Å². The molecule has 0 aliphatic carbocycles. The van der Waals surface area contributed by atoms with E-state index in [0.717, 1.165) is 25.3 Å². The first-order valence-corrected chi connectivity index (χ1v) is 8.83. The van der Waals surface area contributed by atoms with Gasteiger partial charge in [0.1, 0.15) is 5.75 Å². The Morgan fingerprint density at radius 2 is 1.38 bits per heavy atom. The fourth-order valence-corrected chi connectivity index (χ4v) is 2.35. The van der Waals surface area contributed by atoms with Crippen LogP contribution in [0.15, 0.2) is 24.3 Å². The van der Waals surface area contributed by atoms with E-state index < -0.39 is 0 Å². The average molecular weight is 291 g/mol. The lowest BCUT2D eigenvalue weighted by Crippen LogP contribution is -2.01. The third kappa shape index (κ3) is 9.38. The maximum Gasteiger partial charge on any atom is 0.119 e. The normalized spacial score (nSPS) is 10.6. The van der Waals surface area contributed by atoms with E-state index in [9.17, 15) is 0 Å². The summed E-state index contributed by atoms with van der Waals surface area (Å²) in [6, 6.07) is 8.37. The highest BCUT2D eigenvalue weighted by molar-refractivity contribution is 5.46. The van der Waals surface area contributed by atoms with Crippen LogP contribution in [0.2, 0.25) is 0 Å². The Hall–Kier alpha value is -1.18. The van der Waals surface area contributed by atoms with E-state index in [2.05, 4.69) is 43.4 Å². The van der Waals surface area contributed by atoms with E-state index >= 15 is 0 Å². The Bertz CT molecular complexity index is 334. The zero-order valence-corrected chi connectivity index (χ0v) is 14.0. The van der Waals surface area contributed by atoms with Crippen molar-refractivity contribution in [3.05, 3.63) is 24.3 Å². The molecule has 120 valence electrons. The van der Waals surface area contributed by atoms with Gasteiger partial charge in [-0.3, -0.25) is 0 Å². The number of anilines is 1. The molecule has 0 amide bonds. The summed E-state index contributed by atoms with van der Waals surface area (Å²) < 4.78 is 5.75. The van der Waals surface area contributed by atoms with Crippen LogP contribution in [0.1, 0.15) is 71.6 Å². The Balaban J connectivity index is 2.09. The highest BCUT2D eigenvalue weighted by atomic mass is 16.5. The van der Waals surface area contributed by atoms with Crippen LogP contribution in [0.4, 0.5) is 5.69 Å². The molecule has 2 nitrogen and oxygen atoms in total. The van der Waals surface area contributed by atoms with Crippen molar-refractivity contribution in [2.45, 2.75) is 71.6 Å². The van der Waals surface area contributed by atoms with E-state index in [-0.39, 0.29) is 0 Å². The van der Waals surface area contributed by atoms with Gasteiger partial charge in [0.05, 0.1) is 6.61 Å². The van der Waals surface area contributed by atoms with Crippen LogP contribution in [-0.2, 0) is 0 Å². The second kappa shape index (κ2) is 12.6. The number of hydrogen-bond donors (Lipinski definition) is 1. The number of hydrogen-bond acceptors (Lipinski definition) is 2. The second-order valence-corrected chi connectivity index (χ2v) is 5.77. The fourth-order valence-electron chi connectivity index (χ4n) is 2.35. The van der Waals surface area contributed by atoms with Gasteiger partial charge in [-0.05, 0) is 37.1 Å². The van der Waals surface area contributed by atoms with Crippen LogP contribution in [-0.4, -0.2) is 13.2 Å². The van der Waals surface area contributed by atoms with Crippen molar-refractivity contribution in [1.29, 1.82) is 0 Å².